The van der Waals surface area contributed by atoms with Crippen LogP contribution in [0.1, 0.15) is 40.5 Å². The highest BCUT2D eigenvalue weighted by Gasteiger charge is 2.09. The van der Waals surface area contributed by atoms with Crippen molar-refractivity contribution < 1.29 is 4.74 Å². The quantitative estimate of drug-likeness (QED) is 0.618. The molecule has 1 unspecified atom stereocenters. The average Bonchev–Trinajstić information content (AvgIpc) is 2.03. The van der Waals surface area contributed by atoms with E-state index in [1.54, 1.807) is 0 Å². The average molecular weight is 187 g/mol. The lowest BCUT2D eigenvalue weighted by molar-refractivity contribution is 0.0737. The topological polar surface area (TPSA) is 21.3 Å². The van der Waals surface area contributed by atoms with Crippen LogP contribution in [-0.4, -0.2) is 25.8 Å². The van der Waals surface area contributed by atoms with Crippen molar-refractivity contribution in [3.8, 4) is 0 Å². The lowest BCUT2D eigenvalue weighted by atomic mass is 10.00. The van der Waals surface area contributed by atoms with Crippen molar-refractivity contribution in [1.82, 2.24) is 5.32 Å². The van der Waals surface area contributed by atoms with Gasteiger partial charge in [-0.1, -0.05) is 13.8 Å². The number of hydrogen-bond acceptors (Lipinski definition) is 2. The highest BCUT2D eigenvalue weighted by Crippen LogP contribution is 2.08. The fraction of sp³-hybridized carbons (Fsp3) is 1.00. The summed E-state index contributed by atoms with van der Waals surface area (Å²) in [5.74, 6) is 0.712. The second kappa shape index (κ2) is 7.34. The molecule has 0 aliphatic rings. The molecule has 0 aromatic heterocycles. The van der Waals surface area contributed by atoms with Gasteiger partial charge in [-0.3, -0.25) is 0 Å². The summed E-state index contributed by atoms with van der Waals surface area (Å²) in [6.07, 6.45) is 2.73. The maximum atomic E-state index is 5.49. The van der Waals surface area contributed by atoms with Gasteiger partial charge in [-0.15, -0.1) is 0 Å². The molecule has 2 heteroatoms. The molecule has 0 aliphatic heterocycles. The first-order valence-corrected chi connectivity index (χ1v) is 5.36. The van der Waals surface area contributed by atoms with Gasteiger partial charge in [0.2, 0.25) is 0 Å². The lowest BCUT2D eigenvalue weighted by Crippen LogP contribution is -2.30. The zero-order chi connectivity index (χ0) is 10.3. The van der Waals surface area contributed by atoms with Gasteiger partial charge in [-0.2, -0.15) is 0 Å². The molecule has 0 rings (SSSR count). The van der Waals surface area contributed by atoms with Crippen LogP contribution in [0.5, 0.6) is 0 Å². The van der Waals surface area contributed by atoms with Crippen LogP contribution in [0.15, 0.2) is 0 Å². The Morgan fingerprint density at radius 1 is 1.15 bits per heavy atom. The minimum Gasteiger partial charge on any atom is -0.379 e. The van der Waals surface area contributed by atoms with Gasteiger partial charge in [0, 0.05) is 12.6 Å². The summed E-state index contributed by atoms with van der Waals surface area (Å²) in [7, 11) is 2.04. The van der Waals surface area contributed by atoms with Crippen LogP contribution in [0.25, 0.3) is 0 Å². The molecule has 1 N–H and O–H groups in total. The standard InChI is InChI=1S/C11H25NO/c1-9(2)11(12-5)7-6-8-13-10(3)4/h9-12H,6-8H2,1-5H3. The molecule has 0 radical (unpaired) electrons. The van der Waals surface area contributed by atoms with E-state index in [-0.39, 0.29) is 0 Å². The molecule has 1 atom stereocenters. The van der Waals surface area contributed by atoms with Crippen LogP contribution >= 0.6 is 0 Å². The SMILES string of the molecule is CNC(CCCOC(C)C)C(C)C. The van der Waals surface area contributed by atoms with Crippen LogP contribution in [-0.2, 0) is 4.74 Å². The Morgan fingerprint density at radius 3 is 2.15 bits per heavy atom. The molecule has 0 spiro atoms. The van der Waals surface area contributed by atoms with E-state index in [2.05, 4.69) is 33.0 Å². The van der Waals surface area contributed by atoms with Crippen LogP contribution in [0, 0.1) is 5.92 Å². The maximum Gasteiger partial charge on any atom is 0.0518 e. The summed E-state index contributed by atoms with van der Waals surface area (Å²) in [6, 6.07) is 0.635. The molecular formula is C11H25NO. The van der Waals surface area contributed by atoms with Gasteiger partial charge in [0.15, 0.2) is 0 Å². The first kappa shape index (κ1) is 12.9. The molecule has 80 valence electrons. The molecule has 0 amide bonds. The van der Waals surface area contributed by atoms with Crippen LogP contribution in [0.2, 0.25) is 0 Å². The number of nitrogens with one attached hydrogen (secondary N) is 1. The Balaban J connectivity index is 3.39. The van der Waals surface area contributed by atoms with Gasteiger partial charge in [-0.05, 0) is 39.7 Å². The molecule has 0 heterocycles. The van der Waals surface area contributed by atoms with Gasteiger partial charge in [0.05, 0.1) is 6.10 Å². The van der Waals surface area contributed by atoms with Gasteiger partial charge in [0.25, 0.3) is 0 Å². The van der Waals surface area contributed by atoms with Crippen molar-refractivity contribution in [3.63, 3.8) is 0 Å². The monoisotopic (exact) mass is 187 g/mol. The zero-order valence-electron chi connectivity index (χ0n) is 9.76. The smallest absolute Gasteiger partial charge is 0.0518 e. The van der Waals surface area contributed by atoms with E-state index in [1.807, 2.05) is 7.05 Å². The van der Waals surface area contributed by atoms with Crippen LogP contribution in [0.4, 0.5) is 0 Å². The van der Waals surface area contributed by atoms with E-state index < -0.39 is 0 Å². The van der Waals surface area contributed by atoms with E-state index in [0.29, 0.717) is 18.1 Å². The molecule has 13 heavy (non-hydrogen) atoms. The summed E-state index contributed by atoms with van der Waals surface area (Å²) in [4.78, 5) is 0. The molecule has 0 saturated heterocycles. The van der Waals surface area contributed by atoms with Crippen LogP contribution in [0.3, 0.4) is 0 Å². The van der Waals surface area contributed by atoms with Crippen molar-refractivity contribution in [3.05, 3.63) is 0 Å². The van der Waals surface area contributed by atoms with Crippen molar-refractivity contribution in [2.75, 3.05) is 13.7 Å². The largest absolute Gasteiger partial charge is 0.379 e. The molecule has 0 aliphatic carbocycles. The van der Waals surface area contributed by atoms with Gasteiger partial charge < -0.3 is 10.1 Å². The van der Waals surface area contributed by atoms with Crippen molar-refractivity contribution in [2.45, 2.75) is 52.7 Å². The molecule has 0 aromatic rings. The highest BCUT2D eigenvalue weighted by atomic mass is 16.5. The molecule has 0 bridgehead atoms. The minimum atomic E-state index is 0.368. The third kappa shape index (κ3) is 7.03. The summed E-state index contributed by atoms with van der Waals surface area (Å²) in [6.45, 7) is 9.56. The van der Waals surface area contributed by atoms with Crippen LogP contribution < -0.4 is 5.32 Å². The predicted molar refractivity (Wildman–Crippen MR) is 58.0 cm³/mol. The van der Waals surface area contributed by atoms with Crippen molar-refractivity contribution in [2.24, 2.45) is 5.92 Å². The Labute approximate surface area is 83.1 Å². The summed E-state index contributed by atoms with van der Waals surface area (Å²) in [5.41, 5.74) is 0. The van der Waals surface area contributed by atoms with Crippen molar-refractivity contribution in [1.29, 1.82) is 0 Å². The number of rotatable bonds is 7. The number of ether oxygens (including phenoxy) is 1. The lowest BCUT2D eigenvalue weighted by Gasteiger charge is -2.20. The molecule has 0 aromatic carbocycles. The summed E-state index contributed by atoms with van der Waals surface area (Å²) in [5, 5.41) is 3.33. The van der Waals surface area contributed by atoms with E-state index in [4.69, 9.17) is 4.74 Å². The number of hydrogen-bond donors (Lipinski definition) is 1. The third-order valence-corrected chi connectivity index (χ3v) is 2.29. The van der Waals surface area contributed by atoms with E-state index in [1.165, 1.54) is 6.42 Å². The fourth-order valence-corrected chi connectivity index (χ4v) is 1.43. The molecular weight excluding hydrogens is 162 g/mol. The first-order chi connectivity index (χ1) is 6.07. The second-order valence-electron chi connectivity index (χ2n) is 4.20. The summed E-state index contributed by atoms with van der Waals surface area (Å²) >= 11 is 0. The third-order valence-electron chi connectivity index (χ3n) is 2.29. The fourth-order valence-electron chi connectivity index (χ4n) is 1.43. The Morgan fingerprint density at radius 2 is 1.77 bits per heavy atom. The maximum absolute atomic E-state index is 5.49. The summed E-state index contributed by atoms with van der Waals surface area (Å²) < 4.78 is 5.49. The second-order valence-corrected chi connectivity index (χ2v) is 4.20. The normalized spacial score (nSPS) is 14.1. The zero-order valence-corrected chi connectivity index (χ0v) is 9.76. The highest BCUT2D eigenvalue weighted by molar-refractivity contribution is 4.67. The van der Waals surface area contributed by atoms with Gasteiger partial charge >= 0.3 is 0 Å². The van der Waals surface area contributed by atoms with Crippen molar-refractivity contribution >= 4 is 0 Å². The molecule has 0 saturated carbocycles. The first-order valence-electron chi connectivity index (χ1n) is 5.36. The van der Waals surface area contributed by atoms with E-state index in [0.717, 1.165) is 13.0 Å². The predicted octanol–water partition coefficient (Wildman–Crippen LogP) is 2.44. The molecule has 0 fully saturated rings. The van der Waals surface area contributed by atoms with E-state index in [9.17, 15) is 0 Å². The minimum absolute atomic E-state index is 0.368. The Hall–Kier alpha value is -0.0800. The molecule has 2 nitrogen and oxygen atoms in total. The Bertz CT molecular complexity index is 113. The van der Waals surface area contributed by atoms with Gasteiger partial charge in [-0.25, -0.2) is 0 Å². The van der Waals surface area contributed by atoms with E-state index >= 15 is 0 Å². The van der Waals surface area contributed by atoms with Gasteiger partial charge in [0.1, 0.15) is 0 Å². The Kier molecular flexibility index (Phi) is 7.29.